The molecule has 0 bridgehead atoms. The first-order valence-electron chi connectivity index (χ1n) is 8.29. The van der Waals surface area contributed by atoms with Crippen molar-refractivity contribution in [2.24, 2.45) is 4.99 Å². The number of aromatic nitrogens is 2. The van der Waals surface area contributed by atoms with Gasteiger partial charge in [0.25, 0.3) is 0 Å². The Balaban J connectivity index is 1.81. The molecule has 128 valence electrons. The molecule has 1 fully saturated rings. The van der Waals surface area contributed by atoms with Crippen molar-refractivity contribution in [3.05, 3.63) is 48.4 Å². The van der Waals surface area contributed by atoms with Crippen molar-refractivity contribution in [3.63, 3.8) is 0 Å². The first kappa shape index (κ1) is 15.6. The first-order valence-corrected chi connectivity index (χ1v) is 8.29. The number of aliphatic hydroxyl groups excluding tert-OH is 1. The van der Waals surface area contributed by atoms with Crippen molar-refractivity contribution in [2.75, 3.05) is 38.1 Å². The molecule has 0 amide bonds. The third-order valence-electron chi connectivity index (χ3n) is 4.51. The molecule has 1 aliphatic carbocycles. The zero-order valence-corrected chi connectivity index (χ0v) is 14.1. The second-order valence-electron chi connectivity index (χ2n) is 6.31. The van der Waals surface area contributed by atoms with Crippen LogP contribution >= 0.6 is 0 Å². The van der Waals surface area contributed by atoms with Crippen LogP contribution in [0.5, 0.6) is 0 Å². The maximum absolute atomic E-state index is 10.1. The molecule has 0 atom stereocenters. The predicted octanol–water partition coefficient (Wildman–Crippen LogP) is 2.19. The molecule has 25 heavy (non-hydrogen) atoms. The lowest BCUT2D eigenvalue weighted by Gasteiger charge is -2.32. The molecule has 0 saturated carbocycles. The quantitative estimate of drug-likeness (QED) is 0.824. The number of nitrogens with one attached hydrogen (secondary N) is 1. The third-order valence-corrected chi connectivity index (χ3v) is 4.51. The van der Waals surface area contributed by atoms with Crippen molar-refractivity contribution in [1.82, 2.24) is 14.5 Å². The van der Waals surface area contributed by atoms with Crippen LogP contribution < -0.4 is 4.90 Å². The molecule has 2 aromatic rings. The van der Waals surface area contributed by atoms with E-state index in [4.69, 9.17) is 15.5 Å². The lowest BCUT2D eigenvalue weighted by atomic mass is 10.1. The first-order chi connectivity index (χ1) is 12.1. The van der Waals surface area contributed by atoms with Gasteiger partial charge in [0.2, 0.25) is 0 Å². The van der Waals surface area contributed by atoms with Gasteiger partial charge in [-0.1, -0.05) is 6.07 Å². The van der Waals surface area contributed by atoms with Crippen molar-refractivity contribution < 1.29 is 5.11 Å². The van der Waals surface area contributed by atoms with E-state index in [1.165, 1.54) is 6.08 Å². The molecule has 1 saturated heterocycles. The summed E-state index contributed by atoms with van der Waals surface area (Å²) in [5.74, 6) is 0.834. The van der Waals surface area contributed by atoms with Crippen LogP contribution in [-0.4, -0.2) is 64.3 Å². The third kappa shape index (κ3) is 2.94. The van der Waals surface area contributed by atoms with Crippen molar-refractivity contribution in [1.29, 1.82) is 5.41 Å². The van der Waals surface area contributed by atoms with Gasteiger partial charge in [0, 0.05) is 38.5 Å². The average Bonchev–Trinajstić information content (AvgIpc) is 2.97. The molecule has 1 aliphatic heterocycles. The summed E-state index contributed by atoms with van der Waals surface area (Å²) >= 11 is 0. The minimum atomic E-state index is 0.00658. The van der Waals surface area contributed by atoms with Gasteiger partial charge in [0.15, 0.2) is 5.82 Å². The molecule has 0 unspecified atom stereocenters. The van der Waals surface area contributed by atoms with Gasteiger partial charge in [-0.05, 0) is 31.3 Å². The summed E-state index contributed by atoms with van der Waals surface area (Å²) in [7, 11) is 2.12. The highest BCUT2D eigenvalue weighted by Gasteiger charge is 2.22. The highest BCUT2D eigenvalue weighted by Crippen LogP contribution is 2.34. The second-order valence-corrected chi connectivity index (χ2v) is 6.31. The highest BCUT2D eigenvalue weighted by atomic mass is 16.3. The maximum atomic E-state index is 10.1. The van der Waals surface area contributed by atoms with Crippen LogP contribution in [0.2, 0.25) is 0 Å². The summed E-state index contributed by atoms with van der Waals surface area (Å²) in [5.41, 5.74) is 2.35. The van der Waals surface area contributed by atoms with Crippen LogP contribution in [0, 0.1) is 5.41 Å². The number of aliphatic imine (C=N–C) groups is 1. The molecule has 3 heterocycles. The van der Waals surface area contributed by atoms with Gasteiger partial charge >= 0.3 is 0 Å². The van der Waals surface area contributed by atoms with Crippen LogP contribution in [0.15, 0.2) is 53.4 Å². The summed E-state index contributed by atoms with van der Waals surface area (Å²) in [6, 6.07) is 5.86. The Bertz CT molecular complexity index is 915. The normalized spacial score (nSPS) is 20.5. The summed E-state index contributed by atoms with van der Waals surface area (Å²) in [6.45, 7) is 3.74. The van der Waals surface area contributed by atoms with Crippen molar-refractivity contribution in [3.8, 4) is 0 Å². The average molecular weight is 336 g/mol. The second kappa shape index (κ2) is 6.18. The fourth-order valence-electron chi connectivity index (χ4n) is 3.05. The minimum absolute atomic E-state index is 0.00658. The van der Waals surface area contributed by atoms with Crippen molar-refractivity contribution >= 4 is 28.4 Å². The number of anilines is 1. The standard InChI is InChI=1S/C18H20N6O/c1-22-8-10-23(11-9-22)18-17(15-4-2-3-7-24(15)21-18)20-14-6-5-13(19)12-16(14)25/h2-7,12,19,25H,8-11H2,1H3/b19-13?,20-14+. The molecule has 0 radical (unpaired) electrons. The summed E-state index contributed by atoms with van der Waals surface area (Å²) in [5, 5.41) is 22.5. The van der Waals surface area contributed by atoms with E-state index >= 15 is 0 Å². The number of rotatable bonds is 2. The van der Waals surface area contributed by atoms with E-state index < -0.39 is 0 Å². The highest BCUT2D eigenvalue weighted by molar-refractivity contribution is 6.20. The number of allylic oxidation sites excluding steroid dienone is 3. The number of piperazine rings is 1. The SMILES string of the molecule is CN1CCN(c2nn3ccccc3c2/N=C2\C=CC(=N)C=C2O)CC1. The number of hydrogen-bond acceptors (Lipinski definition) is 6. The Morgan fingerprint density at radius 3 is 2.72 bits per heavy atom. The minimum Gasteiger partial charge on any atom is -0.506 e. The number of pyridine rings is 1. The largest absolute Gasteiger partial charge is 0.506 e. The van der Waals surface area contributed by atoms with Crippen LogP contribution in [0.3, 0.4) is 0 Å². The number of aliphatic hydroxyl groups is 1. The zero-order valence-electron chi connectivity index (χ0n) is 14.1. The Labute approximate surface area is 145 Å². The van der Waals surface area contributed by atoms with Crippen molar-refractivity contribution in [2.45, 2.75) is 0 Å². The van der Waals surface area contributed by atoms with Crippen LogP contribution in [0.4, 0.5) is 11.5 Å². The molecule has 0 spiro atoms. The zero-order chi connectivity index (χ0) is 17.4. The van der Waals surface area contributed by atoms with E-state index in [1.807, 2.05) is 28.9 Å². The predicted molar refractivity (Wildman–Crippen MR) is 99.6 cm³/mol. The molecule has 7 nitrogen and oxygen atoms in total. The summed E-state index contributed by atoms with van der Waals surface area (Å²) < 4.78 is 1.82. The molecule has 7 heteroatoms. The topological polar surface area (TPSA) is 80.2 Å². The molecule has 2 N–H and O–H groups in total. The number of likely N-dealkylation sites (N-methyl/N-ethyl adjacent to an activating group) is 1. The summed E-state index contributed by atoms with van der Waals surface area (Å²) in [4.78, 5) is 9.22. The number of hydrogen-bond donors (Lipinski definition) is 2. The van der Waals surface area contributed by atoms with E-state index in [0.717, 1.165) is 43.2 Å². The number of nitrogens with zero attached hydrogens (tertiary/aromatic N) is 5. The lowest BCUT2D eigenvalue weighted by molar-refractivity contribution is 0.312. The van der Waals surface area contributed by atoms with Crippen LogP contribution in [0.25, 0.3) is 5.52 Å². The molecular formula is C18H20N6O. The van der Waals surface area contributed by atoms with Gasteiger partial charge in [-0.3, -0.25) is 0 Å². The van der Waals surface area contributed by atoms with E-state index in [2.05, 4.69) is 16.8 Å². The molecule has 2 aromatic heterocycles. The molecule has 4 rings (SSSR count). The Morgan fingerprint density at radius 1 is 1.16 bits per heavy atom. The monoisotopic (exact) mass is 336 g/mol. The van der Waals surface area contributed by atoms with Gasteiger partial charge in [0.1, 0.15) is 17.2 Å². The fourth-order valence-corrected chi connectivity index (χ4v) is 3.05. The van der Waals surface area contributed by atoms with Gasteiger partial charge in [-0.15, -0.1) is 5.10 Å². The van der Waals surface area contributed by atoms with E-state index in [1.54, 1.807) is 12.2 Å². The molecule has 2 aliphatic rings. The molecule has 0 aromatic carbocycles. The lowest BCUT2D eigenvalue weighted by Crippen LogP contribution is -2.44. The molecular weight excluding hydrogens is 316 g/mol. The Morgan fingerprint density at radius 2 is 1.96 bits per heavy atom. The van der Waals surface area contributed by atoms with Gasteiger partial charge in [-0.25, -0.2) is 9.51 Å². The van der Waals surface area contributed by atoms with E-state index in [9.17, 15) is 5.11 Å². The van der Waals surface area contributed by atoms with Gasteiger partial charge in [-0.2, -0.15) is 0 Å². The summed E-state index contributed by atoms with van der Waals surface area (Å²) in [6.07, 6.45) is 6.60. The van der Waals surface area contributed by atoms with Crippen LogP contribution in [0.1, 0.15) is 0 Å². The maximum Gasteiger partial charge on any atom is 0.177 e. The van der Waals surface area contributed by atoms with Gasteiger partial charge in [0.05, 0.1) is 11.2 Å². The Hall–Kier alpha value is -2.93. The van der Waals surface area contributed by atoms with Crippen LogP contribution in [-0.2, 0) is 0 Å². The van der Waals surface area contributed by atoms with E-state index in [-0.39, 0.29) is 11.5 Å². The van der Waals surface area contributed by atoms with E-state index in [0.29, 0.717) is 5.71 Å². The van der Waals surface area contributed by atoms with Gasteiger partial charge < -0.3 is 20.3 Å². The fraction of sp³-hybridized carbons (Fsp3) is 0.278. The Kier molecular flexibility index (Phi) is 3.85. The number of fused-ring (bicyclic) bond motifs is 1. The smallest absolute Gasteiger partial charge is 0.177 e.